The number of hydrogen-bond acceptors (Lipinski definition) is 3. The number of thioether (sulfide) groups is 1. The number of ether oxygens (including phenoxy) is 1. The van der Waals surface area contributed by atoms with Crippen LogP contribution in [0.25, 0.3) is 0 Å². The van der Waals surface area contributed by atoms with Gasteiger partial charge in [0.1, 0.15) is 0 Å². The van der Waals surface area contributed by atoms with E-state index in [9.17, 15) is 0 Å². The third-order valence-corrected chi connectivity index (χ3v) is 4.06. The maximum absolute atomic E-state index is 5.08. The first kappa shape index (κ1) is 16.5. The Morgan fingerprint density at radius 3 is 2.79 bits per heavy atom. The zero-order valence-electron chi connectivity index (χ0n) is 12.4. The standard InChI is InChI=1S/C16H27NOS/c1-14-6-4-5-7-16(14)12-15(8-11-19-3)13-17-9-10-18-2/h4-7,15,17H,8-13H2,1-3H3. The van der Waals surface area contributed by atoms with E-state index < -0.39 is 0 Å². The molecule has 1 rings (SSSR count). The van der Waals surface area contributed by atoms with E-state index in [0.29, 0.717) is 5.92 Å². The molecular formula is C16H27NOS. The van der Waals surface area contributed by atoms with Crippen molar-refractivity contribution in [3.05, 3.63) is 35.4 Å². The van der Waals surface area contributed by atoms with Gasteiger partial charge in [0.15, 0.2) is 0 Å². The second kappa shape index (κ2) is 10.3. The van der Waals surface area contributed by atoms with E-state index in [-0.39, 0.29) is 0 Å². The Hall–Kier alpha value is -0.510. The first-order valence-electron chi connectivity index (χ1n) is 7.01. The van der Waals surface area contributed by atoms with Crippen molar-refractivity contribution in [3.8, 4) is 0 Å². The fourth-order valence-electron chi connectivity index (χ4n) is 2.19. The van der Waals surface area contributed by atoms with Crippen LogP contribution in [-0.4, -0.2) is 38.8 Å². The highest BCUT2D eigenvalue weighted by Crippen LogP contribution is 2.17. The molecule has 1 unspecified atom stereocenters. The first-order valence-corrected chi connectivity index (χ1v) is 8.40. The van der Waals surface area contributed by atoms with Crippen LogP contribution in [0.1, 0.15) is 17.5 Å². The second-order valence-corrected chi connectivity index (χ2v) is 5.96. The van der Waals surface area contributed by atoms with Crippen LogP contribution in [0, 0.1) is 12.8 Å². The Labute approximate surface area is 122 Å². The highest BCUT2D eigenvalue weighted by atomic mass is 32.2. The maximum Gasteiger partial charge on any atom is 0.0587 e. The van der Waals surface area contributed by atoms with Crippen LogP contribution >= 0.6 is 11.8 Å². The SMILES string of the molecule is COCCNCC(CCSC)Cc1ccccc1C. The molecular weight excluding hydrogens is 254 g/mol. The van der Waals surface area contributed by atoms with Gasteiger partial charge in [-0.3, -0.25) is 0 Å². The van der Waals surface area contributed by atoms with Gasteiger partial charge < -0.3 is 10.1 Å². The summed E-state index contributed by atoms with van der Waals surface area (Å²) in [4.78, 5) is 0. The van der Waals surface area contributed by atoms with Crippen molar-refractivity contribution in [1.29, 1.82) is 0 Å². The largest absolute Gasteiger partial charge is 0.383 e. The third-order valence-electron chi connectivity index (χ3n) is 3.42. The molecule has 0 amide bonds. The molecule has 1 atom stereocenters. The predicted octanol–water partition coefficient (Wildman–Crippen LogP) is 3.14. The van der Waals surface area contributed by atoms with Crippen molar-refractivity contribution < 1.29 is 4.74 Å². The summed E-state index contributed by atoms with van der Waals surface area (Å²) in [5.74, 6) is 1.95. The third kappa shape index (κ3) is 7.00. The van der Waals surface area contributed by atoms with Gasteiger partial charge in [-0.2, -0.15) is 11.8 Å². The summed E-state index contributed by atoms with van der Waals surface area (Å²) in [6.07, 6.45) is 4.63. The van der Waals surface area contributed by atoms with Gasteiger partial charge in [0.25, 0.3) is 0 Å². The second-order valence-electron chi connectivity index (χ2n) is 4.98. The van der Waals surface area contributed by atoms with E-state index in [1.807, 2.05) is 11.8 Å². The van der Waals surface area contributed by atoms with Gasteiger partial charge in [-0.25, -0.2) is 0 Å². The summed E-state index contributed by atoms with van der Waals surface area (Å²) >= 11 is 1.94. The predicted molar refractivity (Wildman–Crippen MR) is 86.1 cm³/mol. The summed E-state index contributed by atoms with van der Waals surface area (Å²) in [5, 5.41) is 3.50. The van der Waals surface area contributed by atoms with Gasteiger partial charge in [-0.1, -0.05) is 24.3 Å². The van der Waals surface area contributed by atoms with Crippen LogP contribution in [-0.2, 0) is 11.2 Å². The van der Waals surface area contributed by atoms with Gasteiger partial charge in [0.05, 0.1) is 6.61 Å². The fraction of sp³-hybridized carbons (Fsp3) is 0.625. The highest BCUT2D eigenvalue weighted by molar-refractivity contribution is 7.98. The van der Waals surface area contributed by atoms with Crippen molar-refractivity contribution >= 4 is 11.8 Å². The highest BCUT2D eigenvalue weighted by Gasteiger charge is 2.10. The number of benzene rings is 1. The summed E-state index contributed by atoms with van der Waals surface area (Å²) in [7, 11) is 1.75. The number of methoxy groups -OCH3 is 1. The normalized spacial score (nSPS) is 12.6. The summed E-state index contributed by atoms with van der Waals surface area (Å²) in [6.45, 7) is 5.03. The van der Waals surface area contributed by atoms with Gasteiger partial charge in [0, 0.05) is 13.7 Å². The van der Waals surface area contributed by atoms with Crippen molar-refractivity contribution in [3.63, 3.8) is 0 Å². The molecule has 3 heteroatoms. The molecule has 0 spiro atoms. The maximum atomic E-state index is 5.08. The van der Waals surface area contributed by atoms with Crippen LogP contribution < -0.4 is 5.32 Å². The molecule has 0 saturated heterocycles. The lowest BCUT2D eigenvalue weighted by atomic mass is 9.94. The molecule has 1 aromatic carbocycles. The van der Waals surface area contributed by atoms with E-state index in [1.165, 1.54) is 29.7 Å². The minimum atomic E-state index is 0.713. The lowest BCUT2D eigenvalue weighted by Gasteiger charge is -2.18. The van der Waals surface area contributed by atoms with E-state index in [2.05, 4.69) is 42.8 Å². The van der Waals surface area contributed by atoms with E-state index in [0.717, 1.165) is 19.7 Å². The molecule has 0 aliphatic carbocycles. The number of nitrogens with one attached hydrogen (secondary N) is 1. The Bertz CT molecular complexity index is 343. The minimum Gasteiger partial charge on any atom is -0.383 e. The molecule has 0 bridgehead atoms. The lowest BCUT2D eigenvalue weighted by molar-refractivity contribution is 0.197. The zero-order valence-corrected chi connectivity index (χ0v) is 13.3. The summed E-state index contributed by atoms with van der Waals surface area (Å²) in [6, 6.07) is 8.73. The van der Waals surface area contributed by atoms with E-state index in [1.54, 1.807) is 7.11 Å². The molecule has 0 saturated carbocycles. The van der Waals surface area contributed by atoms with Crippen molar-refractivity contribution in [1.82, 2.24) is 5.32 Å². The van der Waals surface area contributed by atoms with Crippen LogP contribution in [0.5, 0.6) is 0 Å². The van der Waals surface area contributed by atoms with Gasteiger partial charge in [-0.15, -0.1) is 0 Å². The van der Waals surface area contributed by atoms with Crippen LogP contribution in [0.3, 0.4) is 0 Å². The Balaban J connectivity index is 2.46. The fourth-order valence-corrected chi connectivity index (χ4v) is 2.76. The van der Waals surface area contributed by atoms with Crippen molar-refractivity contribution in [2.24, 2.45) is 5.92 Å². The van der Waals surface area contributed by atoms with E-state index in [4.69, 9.17) is 4.74 Å². The van der Waals surface area contributed by atoms with Crippen molar-refractivity contribution in [2.45, 2.75) is 19.8 Å². The van der Waals surface area contributed by atoms with Gasteiger partial charge >= 0.3 is 0 Å². The number of rotatable bonds is 10. The summed E-state index contributed by atoms with van der Waals surface area (Å²) < 4.78 is 5.08. The molecule has 0 radical (unpaired) electrons. The quantitative estimate of drug-likeness (QED) is 0.666. The summed E-state index contributed by atoms with van der Waals surface area (Å²) in [5.41, 5.74) is 2.90. The smallest absolute Gasteiger partial charge is 0.0587 e. The van der Waals surface area contributed by atoms with Crippen LogP contribution in [0.2, 0.25) is 0 Å². The average Bonchev–Trinajstić information content (AvgIpc) is 2.43. The Kier molecular flexibility index (Phi) is 8.97. The monoisotopic (exact) mass is 281 g/mol. The van der Waals surface area contributed by atoms with Gasteiger partial charge in [0.2, 0.25) is 0 Å². The lowest BCUT2D eigenvalue weighted by Crippen LogP contribution is -2.27. The van der Waals surface area contributed by atoms with E-state index >= 15 is 0 Å². The molecule has 0 fully saturated rings. The molecule has 0 heterocycles. The Morgan fingerprint density at radius 1 is 1.32 bits per heavy atom. The number of hydrogen-bond donors (Lipinski definition) is 1. The first-order chi connectivity index (χ1) is 9.27. The molecule has 2 nitrogen and oxygen atoms in total. The topological polar surface area (TPSA) is 21.3 Å². The Morgan fingerprint density at radius 2 is 2.11 bits per heavy atom. The molecule has 19 heavy (non-hydrogen) atoms. The average molecular weight is 281 g/mol. The minimum absolute atomic E-state index is 0.713. The molecule has 1 aromatic rings. The van der Waals surface area contributed by atoms with Gasteiger partial charge in [-0.05, 0) is 55.4 Å². The van der Waals surface area contributed by atoms with Crippen LogP contribution in [0.4, 0.5) is 0 Å². The van der Waals surface area contributed by atoms with Crippen LogP contribution in [0.15, 0.2) is 24.3 Å². The molecule has 108 valence electrons. The molecule has 0 aliphatic rings. The van der Waals surface area contributed by atoms with Crippen molar-refractivity contribution in [2.75, 3.05) is 38.8 Å². The zero-order chi connectivity index (χ0) is 13.9. The molecule has 1 N–H and O–H groups in total. The number of aryl methyl sites for hydroxylation is 1. The molecule has 0 aromatic heterocycles. The molecule has 0 aliphatic heterocycles.